The van der Waals surface area contributed by atoms with E-state index in [9.17, 15) is 27.8 Å². The van der Waals surface area contributed by atoms with Crippen LogP contribution in [0.15, 0.2) is 24.3 Å². The van der Waals surface area contributed by atoms with Gasteiger partial charge in [-0.2, -0.15) is 0 Å². The molecule has 0 radical (unpaired) electrons. The van der Waals surface area contributed by atoms with Crippen LogP contribution in [0.3, 0.4) is 0 Å². The number of terminal acetylenes is 1. The molecule has 0 amide bonds. The van der Waals surface area contributed by atoms with Gasteiger partial charge in [0, 0.05) is 0 Å². The number of ether oxygens (including phenoxy) is 3. The minimum absolute atomic E-state index is 0.0243. The fourth-order valence-corrected chi connectivity index (χ4v) is 2.72. The summed E-state index contributed by atoms with van der Waals surface area (Å²) in [5.41, 5.74) is 0.232. The molecule has 0 heterocycles. The van der Waals surface area contributed by atoms with Crippen LogP contribution in [0.5, 0.6) is 11.5 Å². The summed E-state index contributed by atoms with van der Waals surface area (Å²) in [5, 5.41) is 19.1. The highest BCUT2D eigenvalue weighted by atomic mass is 19.1. The van der Waals surface area contributed by atoms with Gasteiger partial charge in [0.25, 0.3) is 0 Å². The van der Waals surface area contributed by atoms with E-state index in [-0.39, 0.29) is 37.4 Å². The third kappa shape index (κ3) is 7.41. The van der Waals surface area contributed by atoms with Crippen molar-refractivity contribution in [3.8, 4) is 23.8 Å². The molecule has 2 atom stereocenters. The monoisotopic (exact) mass is 456 g/mol. The van der Waals surface area contributed by atoms with Gasteiger partial charge < -0.3 is 24.4 Å². The zero-order valence-corrected chi connectivity index (χ0v) is 17.4. The van der Waals surface area contributed by atoms with Gasteiger partial charge in [0.15, 0.2) is 34.8 Å². The number of benzene rings is 2. The third-order valence-electron chi connectivity index (χ3n) is 4.33. The fourth-order valence-electron chi connectivity index (χ4n) is 2.72. The number of hydrogen-bond acceptors (Lipinski definition) is 5. The fraction of sp³-hybridized carbons (Fsp3) is 0.391. The van der Waals surface area contributed by atoms with E-state index in [0.717, 1.165) is 24.3 Å². The number of halogens is 4. The molecule has 2 aromatic rings. The first-order valence-electron chi connectivity index (χ1n) is 9.83. The lowest BCUT2D eigenvalue weighted by molar-refractivity contribution is 0.0211. The number of hydrogen-bond donors (Lipinski definition) is 2. The standard InChI is InChI=1S/C23H24F4O5/c1-3-5-30-11-17(29)13-32-23-20(26)9-15(10-21(23)27)6-14-7-18(24)22(19(25)8-14)31-12-16(28)4-2/h1,7-10,16-17,28-29H,4-6,11-13H2,2H3. The summed E-state index contributed by atoms with van der Waals surface area (Å²) in [5.74, 6) is -3.18. The molecule has 9 heteroatoms. The second kappa shape index (κ2) is 12.3. The second-order valence-electron chi connectivity index (χ2n) is 7.01. The maximum absolute atomic E-state index is 14.3. The zero-order valence-electron chi connectivity index (χ0n) is 17.4. The van der Waals surface area contributed by atoms with Crippen molar-refractivity contribution in [1.29, 1.82) is 0 Å². The molecule has 0 saturated carbocycles. The Morgan fingerprint density at radius 3 is 1.66 bits per heavy atom. The van der Waals surface area contributed by atoms with Gasteiger partial charge in [-0.25, -0.2) is 17.6 Å². The van der Waals surface area contributed by atoms with Gasteiger partial charge in [0.2, 0.25) is 0 Å². The van der Waals surface area contributed by atoms with E-state index >= 15 is 0 Å². The molecule has 2 unspecified atom stereocenters. The van der Waals surface area contributed by atoms with Gasteiger partial charge in [0.1, 0.15) is 25.9 Å². The van der Waals surface area contributed by atoms with Gasteiger partial charge in [-0.1, -0.05) is 12.8 Å². The molecule has 32 heavy (non-hydrogen) atoms. The van der Waals surface area contributed by atoms with Crippen molar-refractivity contribution in [2.24, 2.45) is 0 Å². The van der Waals surface area contributed by atoms with E-state index in [1.165, 1.54) is 0 Å². The SMILES string of the molecule is C#CCOCC(O)COc1c(F)cc(Cc2cc(F)c(OCC(O)CC)c(F)c2)cc1F. The maximum atomic E-state index is 14.3. The normalized spacial score (nSPS) is 12.8. The summed E-state index contributed by atoms with van der Waals surface area (Å²) < 4.78 is 71.9. The van der Waals surface area contributed by atoms with Gasteiger partial charge in [-0.05, 0) is 48.2 Å². The predicted molar refractivity (Wildman–Crippen MR) is 108 cm³/mol. The lowest BCUT2D eigenvalue weighted by Crippen LogP contribution is -2.24. The molecule has 174 valence electrons. The van der Waals surface area contributed by atoms with E-state index in [2.05, 4.69) is 5.92 Å². The Morgan fingerprint density at radius 2 is 1.25 bits per heavy atom. The smallest absolute Gasteiger partial charge is 0.190 e. The molecule has 0 saturated heterocycles. The van der Waals surface area contributed by atoms with Crippen molar-refractivity contribution in [2.75, 3.05) is 26.4 Å². The van der Waals surface area contributed by atoms with Gasteiger partial charge in [-0.15, -0.1) is 6.42 Å². The summed E-state index contributed by atoms with van der Waals surface area (Å²) in [7, 11) is 0. The first-order chi connectivity index (χ1) is 15.2. The predicted octanol–water partition coefficient (Wildman–Crippen LogP) is 3.37. The van der Waals surface area contributed by atoms with Gasteiger partial charge >= 0.3 is 0 Å². The molecular formula is C23H24F4O5. The lowest BCUT2D eigenvalue weighted by atomic mass is 10.0. The Balaban J connectivity index is 2.06. The van der Waals surface area contributed by atoms with Crippen molar-refractivity contribution in [3.63, 3.8) is 0 Å². The van der Waals surface area contributed by atoms with Crippen LogP contribution in [-0.2, 0) is 11.2 Å². The highest BCUT2D eigenvalue weighted by molar-refractivity contribution is 5.37. The Hall–Kier alpha value is -2.80. The molecule has 0 aliphatic carbocycles. The van der Waals surface area contributed by atoms with Crippen LogP contribution in [0.1, 0.15) is 24.5 Å². The molecule has 2 aromatic carbocycles. The van der Waals surface area contributed by atoms with Crippen molar-refractivity contribution in [3.05, 3.63) is 58.7 Å². The largest absolute Gasteiger partial charge is 0.485 e. The van der Waals surface area contributed by atoms with E-state index in [1.807, 2.05) is 0 Å². The topological polar surface area (TPSA) is 68.2 Å². The molecule has 0 spiro atoms. The summed E-state index contributed by atoms with van der Waals surface area (Å²) in [6.07, 6.45) is 3.18. The number of aliphatic hydroxyl groups is 2. The van der Waals surface area contributed by atoms with Crippen LogP contribution >= 0.6 is 0 Å². The van der Waals surface area contributed by atoms with Crippen molar-refractivity contribution in [1.82, 2.24) is 0 Å². The minimum atomic E-state index is -1.15. The third-order valence-corrected chi connectivity index (χ3v) is 4.33. The van der Waals surface area contributed by atoms with E-state index in [1.54, 1.807) is 6.92 Å². The highest BCUT2D eigenvalue weighted by Gasteiger charge is 2.18. The molecular weight excluding hydrogens is 432 g/mol. The Bertz CT molecular complexity index is 898. The minimum Gasteiger partial charge on any atom is -0.485 e. The average molecular weight is 456 g/mol. The van der Waals surface area contributed by atoms with E-state index in [4.69, 9.17) is 20.6 Å². The van der Waals surface area contributed by atoms with Crippen LogP contribution in [-0.4, -0.2) is 48.8 Å². The quantitative estimate of drug-likeness (QED) is 0.291. The average Bonchev–Trinajstić information content (AvgIpc) is 2.72. The maximum Gasteiger partial charge on any atom is 0.190 e. The first-order valence-corrected chi connectivity index (χ1v) is 9.83. The second-order valence-corrected chi connectivity index (χ2v) is 7.01. The molecule has 0 bridgehead atoms. The molecule has 0 fully saturated rings. The summed E-state index contributed by atoms with van der Waals surface area (Å²) in [4.78, 5) is 0. The van der Waals surface area contributed by atoms with Crippen LogP contribution in [0, 0.1) is 35.6 Å². The summed E-state index contributed by atoms with van der Waals surface area (Å²) >= 11 is 0. The van der Waals surface area contributed by atoms with Crippen LogP contribution < -0.4 is 9.47 Å². The van der Waals surface area contributed by atoms with Gasteiger partial charge in [-0.3, -0.25) is 0 Å². The zero-order chi connectivity index (χ0) is 23.7. The van der Waals surface area contributed by atoms with Gasteiger partial charge in [0.05, 0.1) is 12.7 Å². The molecule has 2 N–H and O–H groups in total. The van der Waals surface area contributed by atoms with E-state index < -0.39 is 53.6 Å². The molecule has 2 rings (SSSR count). The summed E-state index contributed by atoms with van der Waals surface area (Å²) in [6.45, 7) is 0.800. The van der Waals surface area contributed by atoms with Crippen LogP contribution in [0.25, 0.3) is 0 Å². The van der Waals surface area contributed by atoms with Crippen molar-refractivity contribution < 1.29 is 42.0 Å². The lowest BCUT2D eigenvalue weighted by Gasteiger charge is -2.14. The summed E-state index contributed by atoms with van der Waals surface area (Å²) in [6, 6.07) is 3.92. The molecule has 5 nitrogen and oxygen atoms in total. The molecule has 0 aromatic heterocycles. The molecule has 0 aliphatic rings. The van der Waals surface area contributed by atoms with Crippen LogP contribution in [0.4, 0.5) is 17.6 Å². The van der Waals surface area contributed by atoms with Crippen LogP contribution in [0.2, 0.25) is 0 Å². The number of rotatable bonds is 12. The Morgan fingerprint density at radius 1 is 0.812 bits per heavy atom. The van der Waals surface area contributed by atoms with Crippen molar-refractivity contribution in [2.45, 2.75) is 32.0 Å². The highest BCUT2D eigenvalue weighted by Crippen LogP contribution is 2.28. The Labute approximate surface area is 183 Å². The number of aliphatic hydroxyl groups excluding tert-OH is 2. The first kappa shape index (κ1) is 25.5. The Kier molecular flexibility index (Phi) is 9.78. The molecule has 0 aliphatic heterocycles. The van der Waals surface area contributed by atoms with E-state index in [0.29, 0.717) is 6.42 Å². The van der Waals surface area contributed by atoms with Crippen molar-refractivity contribution >= 4 is 0 Å².